The summed E-state index contributed by atoms with van der Waals surface area (Å²) in [6, 6.07) is 12.8. The van der Waals surface area contributed by atoms with E-state index >= 15 is 0 Å². The van der Waals surface area contributed by atoms with Crippen LogP contribution >= 0.6 is 0 Å². The van der Waals surface area contributed by atoms with Gasteiger partial charge in [-0.3, -0.25) is 4.79 Å². The van der Waals surface area contributed by atoms with Crippen LogP contribution in [-0.2, 0) is 11.8 Å². The van der Waals surface area contributed by atoms with Gasteiger partial charge in [-0.05, 0) is 36.8 Å². The Morgan fingerprint density at radius 2 is 1.68 bits per heavy atom. The highest BCUT2D eigenvalue weighted by Gasteiger charge is 2.18. The number of esters is 2. The van der Waals surface area contributed by atoms with Crippen LogP contribution in [0.2, 0.25) is 0 Å². The maximum atomic E-state index is 12.6. The van der Waals surface area contributed by atoms with Crippen molar-refractivity contribution in [3.8, 4) is 5.75 Å². The van der Waals surface area contributed by atoms with Gasteiger partial charge in [0.2, 0.25) is 0 Å². The zero-order valence-corrected chi connectivity index (χ0v) is 15.7. The Hall–Kier alpha value is -3.48. The number of fused-ring (bicyclic) bond motifs is 1. The first kappa shape index (κ1) is 19.3. The first-order valence-electron chi connectivity index (χ1n) is 8.96. The molecule has 0 saturated carbocycles. The average molecular weight is 380 g/mol. The molecule has 0 unspecified atom stereocenters. The molecule has 2 aromatic carbocycles. The van der Waals surface area contributed by atoms with Crippen LogP contribution in [0.5, 0.6) is 5.75 Å². The van der Waals surface area contributed by atoms with Gasteiger partial charge >= 0.3 is 11.9 Å². The molecular weight excluding hydrogens is 360 g/mol. The van der Waals surface area contributed by atoms with E-state index in [1.807, 2.05) is 6.92 Å². The Balaban J connectivity index is 1.79. The van der Waals surface area contributed by atoms with E-state index in [-0.39, 0.29) is 17.0 Å². The second-order valence-corrected chi connectivity index (χ2v) is 6.23. The lowest BCUT2D eigenvalue weighted by molar-refractivity contribution is 0.0499. The summed E-state index contributed by atoms with van der Waals surface area (Å²) in [5.74, 6) is -0.850. The van der Waals surface area contributed by atoms with Crippen molar-refractivity contribution in [2.75, 3.05) is 6.61 Å². The number of hydrogen-bond donors (Lipinski definition) is 0. The molecule has 0 radical (unpaired) electrons. The van der Waals surface area contributed by atoms with Crippen molar-refractivity contribution in [1.29, 1.82) is 0 Å². The van der Waals surface area contributed by atoms with Gasteiger partial charge in [-0.1, -0.05) is 31.5 Å². The van der Waals surface area contributed by atoms with Crippen molar-refractivity contribution in [3.63, 3.8) is 0 Å². The molecule has 0 fully saturated rings. The third kappa shape index (κ3) is 4.09. The van der Waals surface area contributed by atoms with Crippen LogP contribution in [0.25, 0.3) is 10.8 Å². The topological polar surface area (TPSA) is 87.5 Å². The van der Waals surface area contributed by atoms with Gasteiger partial charge < -0.3 is 9.47 Å². The Kier molecular flexibility index (Phi) is 5.84. The van der Waals surface area contributed by atoms with E-state index in [4.69, 9.17) is 9.47 Å². The average Bonchev–Trinajstić information content (AvgIpc) is 2.71. The summed E-state index contributed by atoms with van der Waals surface area (Å²) in [5.41, 5.74) is 0.125. The molecule has 1 aromatic heterocycles. The lowest BCUT2D eigenvalue weighted by Crippen LogP contribution is -2.24. The second-order valence-electron chi connectivity index (χ2n) is 6.23. The number of carbonyl (C=O) groups is 2. The van der Waals surface area contributed by atoms with Crippen molar-refractivity contribution in [1.82, 2.24) is 9.78 Å². The molecule has 0 amide bonds. The van der Waals surface area contributed by atoms with Crippen LogP contribution in [0.1, 0.15) is 40.6 Å². The van der Waals surface area contributed by atoms with Gasteiger partial charge in [0.1, 0.15) is 5.75 Å². The standard InChI is InChI=1S/C21H20N2O5/c1-3-4-13-27-20(25)14-9-11-15(12-10-14)28-21(26)18-16-7-5-6-8-17(16)19(24)23(2)22-18/h5-12H,3-4,13H2,1-2H3. The zero-order chi connectivity index (χ0) is 20.1. The summed E-state index contributed by atoms with van der Waals surface area (Å²) in [6.07, 6.45) is 1.75. The summed E-state index contributed by atoms with van der Waals surface area (Å²) in [4.78, 5) is 36.7. The molecule has 3 aromatic rings. The minimum Gasteiger partial charge on any atom is -0.462 e. The van der Waals surface area contributed by atoms with E-state index in [1.165, 1.54) is 31.3 Å². The molecule has 0 atom stereocenters. The van der Waals surface area contributed by atoms with Gasteiger partial charge in [-0.2, -0.15) is 5.10 Å². The van der Waals surface area contributed by atoms with Crippen LogP contribution in [0.4, 0.5) is 0 Å². The molecule has 1 heterocycles. The van der Waals surface area contributed by atoms with E-state index in [0.29, 0.717) is 22.9 Å². The summed E-state index contributed by atoms with van der Waals surface area (Å²) < 4.78 is 11.6. The Morgan fingerprint density at radius 3 is 2.36 bits per heavy atom. The van der Waals surface area contributed by atoms with Crippen molar-refractivity contribution in [3.05, 3.63) is 70.1 Å². The molecule has 0 spiro atoms. The lowest BCUT2D eigenvalue weighted by Gasteiger charge is -2.09. The van der Waals surface area contributed by atoms with Crippen LogP contribution in [0, 0.1) is 0 Å². The first-order valence-corrected chi connectivity index (χ1v) is 8.96. The molecule has 0 saturated heterocycles. The van der Waals surface area contributed by atoms with Crippen LogP contribution < -0.4 is 10.3 Å². The van der Waals surface area contributed by atoms with Crippen LogP contribution in [0.3, 0.4) is 0 Å². The largest absolute Gasteiger partial charge is 0.462 e. The number of aryl methyl sites for hydroxylation is 1. The number of benzene rings is 2. The number of carbonyl (C=O) groups excluding carboxylic acids is 2. The smallest absolute Gasteiger partial charge is 0.364 e. The summed E-state index contributed by atoms with van der Waals surface area (Å²) >= 11 is 0. The fraction of sp³-hybridized carbons (Fsp3) is 0.238. The van der Waals surface area contributed by atoms with Crippen molar-refractivity contribution >= 4 is 22.7 Å². The molecule has 0 aliphatic heterocycles. The highest BCUT2D eigenvalue weighted by Crippen LogP contribution is 2.18. The molecule has 7 heteroatoms. The number of rotatable bonds is 6. The lowest BCUT2D eigenvalue weighted by atomic mass is 10.1. The van der Waals surface area contributed by atoms with Gasteiger partial charge in [-0.25, -0.2) is 14.3 Å². The zero-order valence-electron chi connectivity index (χ0n) is 15.7. The van der Waals surface area contributed by atoms with Gasteiger partial charge in [0, 0.05) is 12.4 Å². The Labute approximate surface area is 161 Å². The highest BCUT2D eigenvalue weighted by atomic mass is 16.5. The summed E-state index contributed by atoms with van der Waals surface area (Å²) in [6.45, 7) is 2.39. The normalized spacial score (nSPS) is 10.6. The monoisotopic (exact) mass is 380 g/mol. The molecule has 0 aliphatic rings. The number of unbranched alkanes of at least 4 members (excludes halogenated alkanes) is 1. The minimum atomic E-state index is -0.690. The van der Waals surface area contributed by atoms with Gasteiger partial charge in [0.05, 0.1) is 17.6 Å². The third-order valence-electron chi connectivity index (χ3n) is 4.18. The van der Waals surface area contributed by atoms with Crippen LogP contribution in [-0.4, -0.2) is 28.3 Å². The number of hydrogen-bond acceptors (Lipinski definition) is 6. The van der Waals surface area contributed by atoms with E-state index in [9.17, 15) is 14.4 Å². The fourth-order valence-corrected chi connectivity index (χ4v) is 2.66. The molecular formula is C21H20N2O5. The molecule has 28 heavy (non-hydrogen) atoms. The predicted octanol–water partition coefficient (Wildman–Crippen LogP) is 3.11. The quantitative estimate of drug-likeness (QED) is 0.371. The summed E-state index contributed by atoms with van der Waals surface area (Å²) in [7, 11) is 1.48. The van der Waals surface area contributed by atoms with Crippen molar-refractivity contribution in [2.24, 2.45) is 7.05 Å². The van der Waals surface area contributed by atoms with E-state index in [0.717, 1.165) is 17.5 Å². The predicted molar refractivity (Wildman–Crippen MR) is 104 cm³/mol. The van der Waals surface area contributed by atoms with Crippen LogP contribution in [0.15, 0.2) is 53.3 Å². The van der Waals surface area contributed by atoms with Crippen molar-refractivity contribution in [2.45, 2.75) is 19.8 Å². The Morgan fingerprint density at radius 1 is 1.00 bits per heavy atom. The van der Waals surface area contributed by atoms with Crippen molar-refractivity contribution < 1.29 is 19.1 Å². The number of nitrogens with zero attached hydrogens (tertiary/aromatic N) is 2. The van der Waals surface area contributed by atoms with E-state index in [1.54, 1.807) is 24.3 Å². The molecule has 3 rings (SSSR count). The highest BCUT2D eigenvalue weighted by molar-refractivity contribution is 6.02. The van der Waals surface area contributed by atoms with Gasteiger partial charge in [-0.15, -0.1) is 0 Å². The SMILES string of the molecule is CCCCOC(=O)c1ccc(OC(=O)c2nn(C)c(=O)c3ccccc23)cc1. The van der Waals surface area contributed by atoms with E-state index < -0.39 is 11.9 Å². The fourth-order valence-electron chi connectivity index (χ4n) is 2.66. The molecule has 0 bridgehead atoms. The Bertz CT molecular complexity index is 1070. The number of ether oxygens (including phenoxy) is 2. The maximum absolute atomic E-state index is 12.6. The summed E-state index contributed by atoms with van der Waals surface area (Å²) in [5, 5.41) is 4.85. The van der Waals surface area contributed by atoms with E-state index in [2.05, 4.69) is 5.10 Å². The molecule has 0 N–H and O–H groups in total. The molecule has 7 nitrogen and oxygen atoms in total. The third-order valence-corrected chi connectivity index (χ3v) is 4.18. The first-order chi connectivity index (χ1) is 13.5. The number of aromatic nitrogens is 2. The van der Waals surface area contributed by atoms with Gasteiger partial charge in [0.15, 0.2) is 5.69 Å². The molecule has 0 aliphatic carbocycles. The minimum absolute atomic E-state index is 0.0424. The second kappa shape index (κ2) is 8.47. The van der Waals surface area contributed by atoms with Gasteiger partial charge in [0.25, 0.3) is 5.56 Å². The molecule has 144 valence electrons. The maximum Gasteiger partial charge on any atom is 0.364 e.